The Labute approximate surface area is 129 Å². The number of carbonyl (C=O) groups is 1. The summed E-state index contributed by atoms with van der Waals surface area (Å²) in [6.07, 6.45) is 0.357. The van der Waals surface area contributed by atoms with Gasteiger partial charge in [-0.05, 0) is 36.6 Å². The van der Waals surface area contributed by atoms with Crippen LogP contribution in [0.15, 0.2) is 48.5 Å². The Morgan fingerprint density at radius 1 is 1.24 bits per heavy atom. The van der Waals surface area contributed by atoms with Crippen molar-refractivity contribution in [2.75, 3.05) is 7.11 Å². The van der Waals surface area contributed by atoms with Crippen molar-refractivity contribution < 1.29 is 14.6 Å². The van der Waals surface area contributed by atoms with E-state index in [1.54, 1.807) is 26.2 Å². The van der Waals surface area contributed by atoms with Gasteiger partial charge in [-0.3, -0.25) is 4.79 Å². The van der Waals surface area contributed by atoms with Gasteiger partial charge in [0.25, 0.3) is 0 Å². The Bertz CT molecular complexity index is 640. The molecular formula is C17H17ClO3. The summed E-state index contributed by atoms with van der Waals surface area (Å²) in [5.41, 5.74) is 0.623. The first-order valence-electron chi connectivity index (χ1n) is 6.58. The third kappa shape index (κ3) is 3.19. The summed E-state index contributed by atoms with van der Waals surface area (Å²) in [6, 6.07) is 14.6. The lowest BCUT2D eigenvalue weighted by Gasteiger charge is -2.25. The van der Waals surface area contributed by atoms with E-state index >= 15 is 0 Å². The van der Waals surface area contributed by atoms with E-state index in [0.29, 0.717) is 17.2 Å². The minimum Gasteiger partial charge on any atom is -0.495 e. The van der Waals surface area contributed by atoms with Crippen LogP contribution in [0.5, 0.6) is 5.75 Å². The van der Waals surface area contributed by atoms with Crippen LogP contribution in [-0.2, 0) is 16.6 Å². The zero-order chi connectivity index (χ0) is 15.5. The number of halogens is 1. The fourth-order valence-corrected chi connectivity index (χ4v) is 2.62. The number of methoxy groups -OCH3 is 1. The zero-order valence-corrected chi connectivity index (χ0v) is 12.7. The third-order valence-corrected chi connectivity index (χ3v) is 3.95. The van der Waals surface area contributed by atoms with Crippen LogP contribution in [0.4, 0.5) is 0 Å². The molecule has 3 nitrogen and oxygen atoms in total. The molecule has 0 fully saturated rings. The summed E-state index contributed by atoms with van der Waals surface area (Å²) in [4.78, 5) is 11.8. The van der Waals surface area contributed by atoms with E-state index in [1.165, 1.54) is 0 Å². The number of carboxylic acids is 1. The summed E-state index contributed by atoms with van der Waals surface area (Å²) in [6.45, 7) is 1.73. The summed E-state index contributed by atoms with van der Waals surface area (Å²) in [7, 11) is 1.55. The molecule has 0 aliphatic heterocycles. The van der Waals surface area contributed by atoms with E-state index in [2.05, 4.69) is 0 Å². The minimum absolute atomic E-state index is 0.357. The van der Waals surface area contributed by atoms with Gasteiger partial charge in [-0.25, -0.2) is 0 Å². The molecule has 0 spiro atoms. The SMILES string of the molecule is COc1ccc(CC(C)(C(=O)O)c2ccccc2)cc1Cl. The van der Waals surface area contributed by atoms with E-state index in [4.69, 9.17) is 16.3 Å². The molecule has 0 aliphatic rings. The van der Waals surface area contributed by atoms with Crippen molar-refractivity contribution >= 4 is 17.6 Å². The lowest BCUT2D eigenvalue weighted by molar-refractivity contribution is -0.143. The second kappa shape index (κ2) is 6.19. The van der Waals surface area contributed by atoms with Crippen LogP contribution in [0.1, 0.15) is 18.1 Å². The number of hydrogen-bond donors (Lipinski definition) is 1. The first-order valence-corrected chi connectivity index (χ1v) is 6.96. The standard InChI is InChI=1S/C17H17ClO3/c1-17(16(19)20,13-6-4-3-5-7-13)11-12-8-9-15(21-2)14(18)10-12/h3-10H,11H2,1-2H3,(H,19,20). The lowest BCUT2D eigenvalue weighted by atomic mass is 9.77. The fourth-order valence-electron chi connectivity index (χ4n) is 2.34. The van der Waals surface area contributed by atoms with Crippen LogP contribution in [0.2, 0.25) is 5.02 Å². The number of hydrogen-bond acceptors (Lipinski definition) is 2. The van der Waals surface area contributed by atoms with Crippen molar-refractivity contribution in [1.29, 1.82) is 0 Å². The number of ether oxygens (including phenoxy) is 1. The van der Waals surface area contributed by atoms with E-state index in [-0.39, 0.29) is 0 Å². The van der Waals surface area contributed by atoms with Crippen LogP contribution in [0.3, 0.4) is 0 Å². The highest BCUT2D eigenvalue weighted by Crippen LogP contribution is 2.32. The van der Waals surface area contributed by atoms with Gasteiger partial charge in [0.15, 0.2) is 0 Å². The average Bonchev–Trinajstić information content (AvgIpc) is 2.48. The number of carboxylic acid groups (broad SMARTS) is 1. The Hall–Kier alpha value is -2.00. The average molecular weight is 305 g/mol. The molecule has 2 aromatic rings. The highest BCUT2D eigenvalue weighted by atomic mass is 35.5. The van der Waals surface area contributed by atoms with Crippen LogP contribution in [0.25, 0.3) is 0 Å². The normalized spacial score (nSPS) is 13.5. The molecule has 0 saturated carbocycles. The maximum absolute atomic E-state index is 11.8. The molecule has 1 N–H and O–H groups in total. The Balaban J connectivity index is 2.37. The fraction of sp³-hybridized carbons (Fsp3) is 0.235. The van der Waals surface area contributed by atoms with Gasteiger partial charge in [-0.15, -0.1) is 0 Å². The predicted octanol–water partition coefficient (Wildman–Crippen LogP) is 3.93. The highest BCUT2D eigenvalue weighted by molar-refractivity contribution is 6.32. The molecule has 0 saturated heterocycles. The summed E-state index contributed by atoms with van der Waals surface area (Å²) in [5, 5.41) is 10.1. The summed E-state index contributed by atoms with van der Waals surface area (Å²) in [5.74, 6) is -0.280. The van der Waals surface area contributed by atoms with E-state index < -0.39 is 11.4 Å². The summed E-state index contributed by atoms with van der Waals surface area (Å²) < 4.78 is 5.11. The van der Waals surface area contributed by atoms with Gasteiger partial charge < -0.3 is 9.84 Å². The van der Waals surface area contributed by atoms with E-state index in [9.17, 15) is 9.90 Å². The maximum Gasteiger partial charge on any atom is 0.314 e. The van der Waals surface area contributed by atoms with Crippen molar-refractivity contribution in [3.63, 3.8) is 0 Å². The van der Waals surface area contributed by atoms with Crippen molar-refractivity contribution in [1.82, 2.24) is 0 Å². The van der Waals surface area contributed by atoms with E-state index in [1.807, 2.05) is 36.4 Å². The molecule has 21 heavy (non-hydrogen) atoms. The van der Waals surface area contributed by atoms with Crippen molar-refractivity contribution in [2.24, 2.45) is 0 Å². The molecule has 1 atom stereocenters. The molecule has 0 radical (unpaired) electrons. The Kier molecular flexibility index (Phi) is 4.53. The van der Waals surface area contributed by atoms with Gasteiger partial charge in [0.1, 0.15) is 5.75 Å². The summed E-state index contributed by atoms with van der Waals surface area (Å²) >= 11 is 6.11. The van der Waals surface area contributed by atoms with Gasteiger partial charge >= 0.3 is 5.97 Å². The van der Waals surface area contributed by atoms with E-state index in [0.717, 1.165) is 11.1 Å². The largest absolute Gasteiger partial charge is 0.495 e. The van der Waals surface area contributed by atoms with Gasteiger partial charge in [-0.2, -0.15) is 0 Å². The second-order valence-corrected chi connectivity index (χ2v) is 5.56. The molecule has 110 valence electrons. The van der Waals surface area contributed by atoms with Gasteiger partial charge in [0, 0.05) is 0 Å². The van der Waals surface area contributed by atoms with Crippen LogP contribution in [-0.4, -0.2) is 18.2 Å². The van der Waals surface area contributed by atoms with Crippen molar-refractivity contribution in [3.05, 3.63) is 64.7 Å². The molecule has 0 heterocycles. The quantitative estimate of drug-likeness (QED) is 0.910. The lowest BCUT2D eigenvalue weighted by Crippen LogP contribution is -2.34. The number of aliphatic carboxylic acids is 1. The second-order valence-electron chi connectivity index (χ2n) is 5.15. The monoisotopic (exact) mass is 304 g/mol. The Morgan fingerprint density at radius 3 is 2.43 bits per heavy atom. The topological polar surface area (TPSA) is 46.5 Å². The molecule has 0 bridgehead atoms. The van der Waals surface area contributed by atoms with Gasteiger partial charge in [0.2, 0.25) is 0 Å². The molecule has 1 unspecified atom stereocenters. The van der Waals surface area contributed by atoms with Crippen molar-refractivity contribution in [2.45, 2.75) is 18.8 Å². The molecule has 0 aliphatic carbocycles. The molecule has 2 rings (SSSR count). The molecule has 0 aromatic heterocycles. The highest BCUT2D eigenvalue weighted by Gasteiger charge is 2.35. The van der Waals surface area contributed by atoms with Crippen LogP contribution >= 0.6 is 11.6 Å². The molecule has 4 heteroatoms. The molecular weight excluding hydrogens is 288 g/mol. The molecule has 2 aromatic carbocycles. The van der Waals surface area contributed by atoms with Crippen LogP contribution in [0, 0.1) is 0 Å². The third-order valence-electron chi connectivity index (χ3n) is 3.66. The number of benzene rings is 2. The zero-order valence-electron chi connectivity index (χ0n) is 12.0. The van der Waals surface area contributed by atoms with Crippen molar-refractivity contribution in [3.8, 4) is 5.75 Å². The smallest absolute Gasteiger partial charge is 0.314 e. The maximum atomic E-state index is 11.8. The minimum atomic E-state index is -1.00. The van der Waals surface area contributed by atoms with Gasteiger partial charge in [-0.1, -0.05) is 48.0 Å². The predicted molar refractivity (Wildman–Crippen MR) is 83.1 cm³/mol. The molecule has 0 amide bonds. The first-order chi connectivity index (χ1) is 9.97. The Morgan fingerprint density at radius 2 is 1.90 bits per heavy atom. The first kappa shape index (κ1) is 15.4. The number of rotatable bonds is 5. The van der Waals surface area contributed by atoms with Gasteiger partial charge in [0.05, 0.1) is 17.5 Å². The van der Waals surface area contributed by atoms with Crippen LogP contribution < -0.4 is 4.74 Å².